The first-order valence-electron chi connectivity index (χ1n) is 8.07. The molecular formula is C19H20ClNO4. The molecule has 25 heavy (non-hydrogen) atoms. The van der Waals surface area contributed by atoms with Crippen LogP contribution in [0.15, 0.2) is 34.8 Å². The summed E-state index contributed by atoms with van der Waals surface area (Å²) in [4.78, 5) is 14.3. The average Bonchev–Trinajstić information content (AvgIpc) is 3.19. The fraction of sp³-hybridized carbons (Fsp3) is 0.316. The maximum Gasteiger partial charge on any atom is 0.247 e. The number of furan rings is 1. The van der Waals surface area contributed by atoms with Crippen molar-refractivity contribution in [3.8, 4) is 11.5 Å². The Morgan fingerprint density at radius 2 is 2.12 bits per heavy atom. The third-order valence-corrected chi connectivity index (χ3v) is 4.18. The van der Waals surface area contributed by atoms with E-state index in [4.69, 9.17) is 25.5 Å². The molecule has 6 heteroatoms. The zero-order valence-electron chi connectivity index (χ0n) is 14.4. The van der Waals surface area contributed by atoms with Gasteiger partial charge in [-0.3, -0.25) is 4.79 Å². The van der Waals surface area contributed by atoms with Gasteiger partial charge in [0.25, 0.3) is 0 Å². The van der Waals surface area contributed by atoms with Crippen LogP contribution in [0.25, 0.3) is 6.08 Å². The van der Waals surface area contributed by atoms with Gasteiger partial charge >= 0.3 is 0 Å². The standard InChI is InChI=1S/C19H20ClNO4/c1-12(2)21(10-15-6-4-13(3)25-15)18(22)7-5-14-8-16(20)19-17(9-14)23-11-24-19/h4-9,12H,10-11H2,1-3H3/b7-5+. The molecule has 3 rings (SSSR count). The molecule has 0 saturated heterocycles. The fourth-order valence-corrected chi connectivity index (χ4v) is 2.87. The second kappa shape index (κ2) is 7.23. The molecule has 1 aromatic carbocycles. The van der Waals surface area contributed by atoms with Crippen molar-refractivity contribution in [2.45, 2.75) is 33.4 Å². The lowest BCUT2D eigenvalue weighted by atomic mass is 10.1. The van der Waals surface area contributed by atoms with E-state index in [-0.39, 0.29) is 18.7 Å². The van der Waals surface area contributed by atoms with E-state index in [1.54, 1.807) is 23.1 Å². The van der Waals surface area contributed by atoms with Crippen LogP contribution in [0.2, 0.25) is 5.02 Å². The summed E-state index contributed by atoms with van der Waals surface area (Å²) in [7, 11) is 0. The Kier molecular flexibility index (Phi) is 5.04. The van der Waals surface area contributed by atoms with Crippen molar-refractivity contribution in [1.82, 2.24) is 4.90 Å². The largest absolute Gasteiger partial charge is 0.464 e. The van der Waals surface area contributed by atoms with Crippen molar-refractivity contribution in [2.24, 2.45) is 0 Å². The van der Waals surface area contributed by atoms with Gasteiger partial charge in [0.05, 0.1) is 11.6 Å². The van der Waals surface area contributed by atoms with Gasteiger partial charge in [-0.25, -0.2) is 0 Å². The number of aryl methyl sites for hydroxylation is 1. The van der Waals surface area contributed by atoms with Crippen LogP contribution in [0.4, 0.5) is 0 Å². The fourth-order valence-electron chi connectivity index (χ4n) is 2.60. The zero-order valence-corrected chi connectivity index (χ0v) is 15.2. The van der Waals surface area contributed by atoms with Crippen LogP contribution in [0.1, 0.15) is 30.9 Å². The average molecular weight is 362 g/mol. The highest BCUT2D eigenvalue weighted by atomic mass is 35.5. The summed E-state index contributed by atoms with van der Waals surface area (Å²) in [5.74, 6) is 2.63. The van der Waals surface area contributed by atoms with Crippen molar-refractivity contribution in [1.29, 1.82) is 0 Å². The molecule has 132 valence electrons. The number of hydrogen-bond acceptors (Lipinski definition) is 4. The summed E-state index contributed by atoms with van der Waals surface area (Å²) in [5, 5.41) is 0.467. The molecule has 0 radical (unpaired) electrons. The maximum absolute atomic E-state index is 12.6. The monoisotopic (exact) mass is 361 g/mol. The normalized spacial score (nSPS) is 13.0. The zero-order chi connectivity index (χ0) is 18.0. The third-order valence-electron chi connectivity index (χ3n) is 3.90. The molecule has 0 saturated carbocycles. The summed E-state index contributed by atoms with van der Waals surface area (Å²) < 4.78 is 16.2. The Bertz CT molecular complexity index is 810. The number of carbonyl (C=O) groups is 1. The number of carbonyl (C=O) groups excluding carboxylic acids is 1. The number of halogens is 1. The molecule has 1 aromatic heterocycles. The molecular weight excluding hydrogens is 342 g/mol. The minimum absolute atomic E-state index is 0.0443. The van der Waals surface area contributed by atoms with Gasteiger partial charge in [0.1, 0.15) is 11.5 Å². The quantitative estimate of drug-likeness (QED) is 0.740. The van der Waals surface area contributed by atoms with E-state index in [2.05, 4.69) is 0 Å². The van der Waals surface area contributed by atoms with Crippen LogP contribution < -0.4 is 9.47 Å². The summed E-state index contributed by atoms with van der Waals surface area (Å²) in [6.45, 7) is 6.41. The van der Waals surface area contributed by atoms with Gasteiger partial charge in [0.15, 0.2) is 11.5 Å². The summed E-state index contributed by atoms with van der Waals surface area (Å²) in [5.41, 5.74) is 0.778. The molecule has 0 fully saturated rings. The number of amides is 1. The van der Waals surface area contributed by atoms with E-state index >= 15 is 0 Å². The van der Waals surface area contributed by atoms with E-state index in [0.29, 0.717) is 23.1 Å². The number of fused-ring (bicyclic) bond motifs is 1. The Hall–Kier alpha value is -2.40. The molecule has 0 N–H and O–H groups in total. The first-order valence-corrected chi connectivity index (χ1v) is 8.45. The smallest absolute Gasteiger partial charge is 0.247 e. The first-order chi connectivity index (χ1) is 11.9. The SMILES string of the molecule is Cc1ccc(CN(C(=O)/C=C/c2cc(Cl)c3c(c2)OCO3)C(C)C)o1. The Morgan fingerprint density at radius 3 is 2.80 bits per heavy atom. The van der Waals surface area contributed by atoms with E-state index < -0.39 is 0 Å². The molecule has 1 aliphatic heterocycles. The number of rotatable bonds is 5. The van der Waals surface area contributed by atoms with E-state index in [1.807, 2.05) is 32.9 Å². The van der Waals surface area contributed by atoms with Crippen LogP contribution in [0, 0.1) is 6.92 Å². The number of benzene rings is 1. The topological polar surface area (TPSA) is 51.9 Å². The molecule has 0 aliphatic carbocycles. The summed E-state index contributed by atoms with van der Waals surface area (Å²) in [6, 6.07) is 7.37. The summed E-state index contributed by atoms with van der Waals surface area (Å²) in [6.07, 6.45) is 3.25. The Labute approximate surface area is 151 Å². The first kappa shape index (κ1) is 17.4. The molecule has 0 spiro atoms. The number of hydrogen-bond donors (Lipinski definition) is 0. The predicted molar refractivity (Wildman–Crippen MR) is 95.7 cm³/mol. The minimum atomic E-state index is -0.0992. The number of nitrogens with zero attached hydrogens (tertiary/aromatic N) is 1. The molecule has 2 heterocycles. The second-order valence-electron chi connectivity index (χ2n) is 6.14. The van der Waals surface area contributed by atoms with Crippen molar-refractivity contribution < 1.29 is 18.7 Å². The highest BCUT2D eigenvalue weighted by molar-refractivity contribution is 6.32. The molecule has 5 nitrogen and oxygen atoms in total. The van der Waals surface area contributed by atoms with Crippen molar-refractivity contribution in [2.75, 3.05) is 6.79 Å². The molecule has 1 aliphatic rings. The third kappa shape index (κ3) is 3.99. The minimum Gasteiger partial charge on any atom is -0.464 e. The van der Waals surface area contributed by atoms with Gasteiger partial charge < -0.3 is 18.8 Å². The molecule has 0 bridgehead atoms. The molecule has 0 unspecified atom stereocenters. The van der Waals surface area contributed by atoms with E-state index in [0.717, 1.165) is 17.1 Å². The van der Waals surface area contributed by atoms with Gasteiger partial charge in [-0.2, -0.15) is 0 Å². The Balaban J connectivity index is 1.74. The molecule has 0 atom stereocenters. The second-order valence-corrected chi connectivity index (χ2v) is 6.55. The van der Waals surface area contributed by atoms with Gasteiger partial charge in [-0.1, -0.05) is 11.6 Å². The predicted octanol–water partition coefficient (Wildman–Crippen LogP) is 4.42. The maximum atomic E-state index is 12.6. The lowest BCUT2D eigenvalue weighted by Gasteiger charge is -2.24. The van der Waals surface area contributed by atoms with E-state index in [1.165, 1.54) is 6.08 Å². The highest BCUT2D eigenvalue weighted by Crippen LogP contribution is 2.40. The lowest BCUT2D eigenvalue weighted by Crippen LogP contribution is -2.35. The van der Waals surface area contributed by atoms with Gasteiger partial charge in [-0.15, -0.1) is 0 Å². The van der Waals surface area contributed by atoms with E-state index in [9.17, 15) is 4.79 Å². The van der Waals surface area contributed by atoms with Crippen molar-refractivity contribution in [3.63, 3.8) is 0 Å². The lowest BCUT2D eigenvalue weighted by molar-refractivity contribution is -0.128. The van der Waals surface area contributed by atoms with Gasteiger partial charge in [-0.05, 0) is 56.7 Å². The van der Waals surface area contributed by atoms with Crippen molar-refractivity contribution in [3.05, 3.63) is 52.4 Å². The van der Waals surface area contributed by atoms with Gasteiger partial charge in [0, 0.05) is 12.1 Å². The van der Waals surface area contributed by atoms with Gasteiger partial charge in [0.2, 0.25) is 12.7 Å². The molecule has 1 amide bonds. The van der Waals surface area contributed by atoms with Crippen LogP contribution in [0.5, 0.6) is 11.5 Å². The van der Waals surface area contributed by atoms with Crippen LogP contribution >= 0.6 is 11.6 Å². The highest BCUT2D eigenvalue weighted by Gasteiger charge is 2.19. The van der Waals surface area contributed by atoms with Crippen LogP contribution in [-0.4, -0.2) is 23.6 Å². The number of ether oxygens (including phenoxy) is 2. The Morgan fingerprint density at radius 1 is 1.32 bits per heavy atom. The molecule has 2 aromatic rings. The van der Waals surface area contributed by atoms with Crippen LogP contribution in [-0.2, 0) is 11.3 Å². The summed E-state index contributed by atoms with van der Waals surface area (Å²) >= 11 is 6.17. The van der Waals surface area contributed by atoms with Crippen LogP contribution in [0.3, 0.4) is 0 Å². The van der Waals surface area contributed by atoms with Crippen molar-refractivity contribution >= 4 is 23.6 Å².